The quantitative estimate of drug-likeness (QED) is 0.511. The molecule has 0 fully saturated rings. The number of aliphatic hydroxyl groups is 2. The van der Waals surface area contributed by atoms with Crippen molar-refractivity contribution in [3.63, 3.8) is 0 Å². The molecule has 94 valence electrons. The number of aliphatic hydroxyl groups excluding tert-OH is 2. The van der Waals surface area contributed by atoms with E-state index in [0.717, 1.165) is 13.2 Å². The zero-order chi connectivity index (χ0) is 12.4. The highest BCUT2D eigenvalue weighted by Crippen LogP contribution is 1.91. The maximum Gasteiger partial charge on any atom is 0.0662 e. The average Bonchev–Trinajstić information content (AvgIpc) is 2.32. The van der Waals surface area contributed by atoms with E-state index in [0.29, 0.717) is 0 Å². The molecule has 0 aliphatic heterocycles. The third-order valence-corrected chi connectivity index (χ3v) is 1.38. The van der Waals surface area contributed by atoms with E-state index >= 15 is 0 Å². The summed E-state index contributed by atoms with van der Waals surface area (Å²) in [6.07, 6.45) is 4.91. The van der Waals surface area contributed by atoms with E-state index in [2.05, 4.69) is 27.0 Å². The van der Waals surface area contributed by atoms with Gasteiger partial charge in [0.25, 0.3) is 0 Å². The van der Waals surface area contributed by atoms with Gasteiger partial charge in [-0.1, -0.05) is 26.7 Å². The molecule has 3 nitrogen and oxygen atoms in total. The van der Waals surface area contributed by atoms with Crippen molar-refractivity contribution >= 4 is 0 Å². The molecule has 0 heterocycles. The van der Waals surface area contributed by atoms with E-state index in [4.69, 9.17) is 14.9 Å². The molecular formula is C12H28O3. The summed E-state index contributed by atoms with van der Waals surface area (Å²) < 4.78 is 5.31. The maximum atomic E-state index is 7.62. The van der Waals surface area contributed by atoms with Crippen molar-refractivity contribution in [1.82, 2.24) is 0 Å². The van der Waals surface area contributed by atoms with Crippen molar-refractivity contribution in [3.05, 3.63) is 13.2 Å². The largest absolute Gasteiger partial charge is 0.394 e. The average molecular weight is 220 g/mol. The fourth-order valence-corrected chi connectivity index (χ4v) is 0.595. The molecule has 0 atom stereocenters. The van der Waals surface area contributed by atoms with Gasteiger partial charge in [-0.2, -0.15) is 0 Å². The normalized spacial score (nSPS) is 8.27. The lowest BCUT2D eigenvalue weighted by Crippen LogP contribution is -1.95. The Kier molecular flexibility index (Phi) is 39.1. The van der Waals surface area contributed by atoms with E-state index in [1.807, 2.05) is 0 Å². The second-order valence-corrected chi connectivity index (χ2v) is 2.77. The summed E-state index contributed by atoms with van der Waals surface area (Å²) in [4.78, 5) is 0. The molecule has 0 bridgehead atoms. The van der Waals surface area contributed by atoms with Gasteiger partial charge in [0.1, 0.15) is 0 Å². The third kappa shape index (κ3) is 42.0. The Hall–Kier alpha value is -0.380. The van der Waals surface area contributed by atoms with Crippen LogP contribution in [0, 0.1) is 0 Å². The Morgan fingerprint density at radius 3 is 1.40 bits per heavy atom. The Morgan fingerprint density at radius 2 is 1.20 bits per heavy atom. The molecule has 2 N–H and O–H groups in total. The molecule has 0 aromatic heterocycles. The minimum absolute atomic E-state index is 0.125. The van der Waals surface area contributed by atoms with Crippen LogP contribution in [0.25, 0.3) is 0 Å². The second-order valence-electron chi connectivity index (χ2n) is 2.77. The van der Waals surface area contributed by atoms with Gasteiger partial charge < -0.3 is 14.9 Å². The van der Waals surface area contributed by atoms with Gasteiger partial charge in [-0.3, -0.25) is 0 Å². The highest BCUT2D eigenvalue weighted by molar-refractivity contribution is 4.33. The SMILES string of the molecule is C=C.CCCCOCCCC.OCCO. The third-order valence-electron chi connectivity index (χ3n) is 1.38. The van der Waals surface area contributed by atoms with Crippen LogP contribution in [0.5, 0.6) is 0 Å². The predicted octanol–water partition coefficient (Wildman–Crippen LogP) is 2.38. The van der Waals surface area contributed by atoms with E-state index in [9.17, 15) is 0 Å². The van der Waals surface area contributed by atoms with Crippen molar-refractivity contribution in [1.29, 1.82) is 0 Å². The van der Waals surface area contributed by atoms with Crippen molar-refractivity contribution in [3.8, 4) is 0 Å². The van der Waals surface area contributed by atoms with Crippen molar-refractivity contribution in [2.75, 3.05) is 26.4 Å². The topological polar surface area (TPSA) is 49.7 Å². The lowest BCUT2D eigenvalue weighted by atomic mass is 10.3. The summed E-state index contributed by atoms with van der Waals surface area (Å²) in [6, 6.07) is 0. The highest BCUT2D eigenvalue weighted by atomic mass is 16.5. The minimum Gasteiger partial charge on any atom is -0.394 e. The van der Waals surface area contributed by atoms with Crippen LogP contribution in [0.15, 0.2) is 13.2 Å². The summed E-state index contributed by atoms with van der Waals surface area (Å²) in [6.45, 7) is 12.0. The van der Waals surface area contributed by atoms with Crippen molar-refractivity contribution < 1.29 is 14.9 Å². The van der Waals surface area contributed by atoms with E-state index in [-0.39, 0.29) is 13.2 Å². The Balaban J connectivity index is -0.000000202. The molecule has 0 rings (SSSR count). The first-order chi connectivity index (χ1) is 7.33. The first-order valence-corrected chi connectivity index (χ1v) is 5.62. The van der Waals surface area contributed by atoms with Crippen LogP contribution in [0.4, 0.5) is 0 Å². The molecule has 0 aromatic rings. The molecule has 15 heavy (non-hydrogen) atoms. The minimum atomic E-state index is -0.125. The first kappa shape index (κ1) is 20.1. The van der Waals surface area contributed by atoms with Gasteiger partial charge in [-0.25, -0.2) is 0 Å². The fourth-order valence-electron chi connectivity index (χ4n) is 0.595. The Labute approximate surface area is 94.8 Å². The van der Waals surface area contributed by atoms with Crippen LogP contribution in [-0.2, 0) is 4.74 Å². The van der Waals surface area contributed by atoms with Crippen LogP contribution >= 0.6 is 0 Å². The zero-order valence-corrected chi connectivity index (χ0v) is 10.4. The van der Waals surface area contributed by atoms with Crippen LogP contribution < -0.4 is 0 Å². The molecule has 0 unspecified atom stereocenters. The molecule has 3 heteroatoms. The molecule has 0 aliphatic rings. The summed E-state index contributed by atoms with van der Waals surface area (Å²) in [5, 5.41) is 15.2. The number of ether oxygens (including phenoxy) is 1. The lowest BCUT2D eigenvalue weighted by molar-refractivity contribution is 0.128. The van der Waals surface area contributed by atoms with Gasteiger partial charge in [0.05, 0.1) is 13.2 Å². The van der Waals surface area contributed by atoms with Gasteiger partial charge in [0.15, 0.2) is 0 Å². The molecule has 0 aromatic carbocycles. The number of rotatable bonds is 7. The molecule has 0 aliphatic carbocycles. The van der Waals surface area contributed by atoms with Crippen molar-refractivity contribution in [2.24, 2.45) is 0 Å². The number of hydrogen-bond acceptors (Lipinski definition) is 3. The van der Waals surface area contributed by atoms with Gasteiger partial charge in [-0.05, 0) is 12.8 Å². The molecule has 0 spiro atoms. The van der Waals surface area contributed by atoms with Gasteiger partial charge in [-0.15, -0.1) is 13.2 Å². The number of unbranched alkanes of at least 4 members (excludes halogenated alkanes) is 2. The molecule has 0 amide bonds. The maximum absolute atomic E-state index is 7.62. The number of hydrogen-bond donors (Lipinski definition) is 2. The molecule has 0 saturated carbocycles. The van der Waals surface area contributed by atoms with Gasteiger partial charge >= 0.3 is 0 Å². The van der Waals surface area contributed by atoms with Crippen LogP contribution in [-0.4, -0.2) is 36.6 Å². The monoisotopic (exact) mass is 220 g/mol. The molecule has 0 radical (unpaired) electrons. The highest BCUT2D eigenvalue weighted by Gasteiger charge is 1.84. The molecular weight excluding hydrogens is 192 g/mol. The molecule has 0 saturated heterocycles. The Bertz CT molecular complexity index is 69.3. The van der Waals surface area contributed by atoms with Crippen LogP contribution in [0.1, 0.15) is 39.5 Å². The first-order valence-electron chi connectivity index (χ1n) is 5.62. The van der Waals surface area contributed by atoms with Gasteiger partial charge in [0.2, 0.25) is 0 Å². The van der Waals surface area contributed by atoms with Crippen LogP contribution in [0.2, 0.25) is 0 Å². The fraction of sp³-hybridized carbons (Fsp3) is 0.833. The smallest absolute Gasteiger partial charge is 0.0662 e. The van der Waals surface area contributed by atoms with E-state index in [1.165, 1.54) is 25.7 Å². The van der Waals surface area contributed by atoms with E-state index in [1.54, 1.807) is 0 Å². The standard InChI is InChI=1S/C8H18O.C2H6O2.C2H4/c1-3-5-7-9-8-6-4-2;3-1-2-4;1-2/h3-8H2,1-2H3;3-4H,1-2H2;1-2H2. The lowest BCUT2D eigenvalue weighted by Gasteiger charge is -1.99. The summed E-state index contributed by atoms with van der Waals surface area (Å²) >= 11 is 0. The predicted molar refractivity (Wildman–Crippen MR) is 66.1 cm³/mol. The van der Waals surface area contributed by atoms with Crippen LogP contribution in [0.3, 0.4) is 0 Å². The summed E-state index contributed by atoms with van der Waals surface area (Å²) in [7, 11) is 0. The summed E-state index contributed by atoms with van der Waals surface area (Å²) in [5.74, 6) is 0. The second kappa shape index (κ2) is 29.2. The zero-order valence-electron chi connectivity index (χ0n) is 10.4. The summed E-state index contributed by atoms with van der Waals surface area (Å²) in [5.41, 5.74) is 0. The Morgan fingerprint density at radius 1 is 0.867 bits per heavy atom. The van der Waals surface area contributed by atoms with E-state index < -0.39 is 0 Å². The van der Waals surface area contributed by atoms with Gasteiger partial charge in [0, 0.05) is 13.2 Å². The van der Waals surface area contributed by atoms with Crippen molar-refractivity contribution in [2.45, 2.75) is 39.5 Å².